The third kappa shape index (κ3) is 3.37. The van der Waals surface area contributed by atoms with Gasteiger partial charge >= 0.3 is 0 Å². The number of carbonyl (C=O) groups is 1. The van der Waals surface area contributed by atoms with Gasteiger partial charge in [-0.15, -0.1) is 0 Å². The molecule has 1 aliphatic heterocycles. The summed E-state index contributed by atoms with van der Waals surface area (Å²) in [6.45, 7) is 2.58. The normalized spacial score (nSPS) is 20.4. The van der Waals surface area contributed by atoms with Crippen LogP contribution in [0.25, 0.3) is 0 Å². The number of benzene rings is 1. The van der Waals surface area contributed by atoms with Crippen molar-refractivity contribution >= 4 is 5.91 Å². The van der Waals surface area contributed by atoms with E-state index in [2.05, 4.69) is 21.8 Å². The van der Waals surface area contributed by atoms with Crippen molar-refractivity contribution in [1.29, 1.82) is 5.26 Å². The highest BCUT2D eigenvalue weighted by Gasteiger charge is 2.29. The quantitative estimate of drug-likeness (QED) is 0.848. The number of imidazole rings is 1. The Morgan fingerprint density at radius 3 is 2.69 bits per heavy atom. The van der Waals surface area contributed by atoms with Crippen molar-refractivity contribution < 1.29 is 4.79 Å². The molecule has 1 saturated heterocycles. The van der Waals surface area contributed by atoms with Gasteiger partial charge in [0.05, 0.1) is 11.6 Å². The topological polar surface area (TPSA) is 61.9 Å². The summed E-state index contributed by atoms with van der Waals surface area (Å²) < 4.78 is 2.31. The molecule has 5 heteroatoms. The molecule has 4 rings (SSSR count). The molecule has 5 nitrogen and oxygen atoms in total. The summed E-state index contributed by atoms with van der Waals surface area (Å²) in [5.74, 6) is 2.29. The molecule has 1 atom stereocenters. The van der Waals surface area contributed by atoms with Crippen molar-refractivity contribution in [3.05, 3.63) is 53.6 Å². The monoisotopic (exact) mass is 348 g/mol. The molecule has 0 radical (unpaired) electrons. The molecule has 2 fully saturated rings. The number of nitrogens with zero attached hydrogens (tertiary/aromatic N) is 4. The van der Waals surface area contributed by atoms with Crippen molar-refractivity contribution in [3.63, 3.8) is 0 Å². The lowest BCUT2D eigenvalue weighted by atomic mass is 9.85. The molecule has 0 spiro atoms. The van der Waals surface area contributed by atoms with E-state index in [9.17, 15) is 4.79 Å². The van der Waals surface area contributed by atoms with Crippen molar-refractivity contribution in [2.24, 2.45) is 5.92 Å². The molecule has 134 valence electrons. The van der Waals surface area contributed by atoms with Crippen LogP contribution in [-0.2, 0) is 6.54 Å². The van der Waals surface area contributed by atoms with Crippen LogP contribution in [0, 0.1) is 17.2 Å². The van der Waals surface area contributed by atoms with E-state index in [1.807, 2.05) is 11.1 Å². The van der Waals surface area contributed by atoms with E-state index in [-0.39, 0.29) is 5.91 Å². The largest absolute Gasteiger partial charge is 0.338 e. The van der Waals surface area contributed by atoms with Crippen LogP contribution in [0.3, 0.4) is 0 Å². The summed E-state index contributed by atoms with van der Waals surface area (Å²) in [5.41, 5.74) is 1.23. The maximum absolute atomic E-state index is 12.8. The second-order valence-electron chi connectivity index (χ2n) is 7.51. The van der Waals surface area contributed by atoms with Crippen molar-refractivity contribution in [2.45, 2.75) is 44.6 Å². The third-order valence-electron chi connectivity index (χ3n) is 5.76. The van der Waals surface area contributed by atoms with Gasteiger partial charge in [-0.3, -0.25) is 4.79 Å². The zero-order valence-electron chi connectivity index (χ0n) is 15.0. The highest BCUT2D eigenvalue weighted by atomic mass is 16.2. The molecular formula is C21H24N4O. The smallest absolute Gasteiger partial charge is 0.253 e. The summed E-state index contributed by atoms with van der Waals surface area (Å²) >= 11 is 0. The van der Waals surface area contributed by atoms with Gasteiger partial charge in [0.25, 0.3) is 5.91 Å². The molecule has 0 bridgehead atoms. The maximum atomic E-state index is 12.8. The molecule has 1 aromatic heterocycles. The maximum Gasteiger partial charge on any atom is 0.253 e. The minimum Gasteiger partial charge on any atom is -0.338 e. The third-order valence-corrected chi connectivity index (χ3v) is 5.76. The molecular weight excluding hydrogens is 324 g/mol. The fraction of sp³-hybridized carbons (Fsp3) is 0.476. The lowest BCUT2D eigenvalue weighted by Crippen LogP contribution is -2.40. The first-order valence-corrected chi connectivity index (χ1v) is 9.55. The van der Waals surface area contributed by atoms with E-state index in [1.54, 1.807) is 24.3 Å². The van der Waals surface area contributed by atoms with Gasteiger partial charge in [-0.05, 0) is 55.9 Å². The Kier molecular flexibility index (Phi) is 4.75. The number of carbonyl (C=O) groups excluding carboxylic acids is 1. The summed E-state index contributed by atoms with van der Waals surface area (Å²) in [7, 11) is 0. The molecule has 1 amide bonds. The van der Waals surface area contributed by atoms with E-state index in [4.69, 9.17) is 5.26 Å². The Morgan fingerprint density at radius 2 is 2.00 bits per heavy atom. The highest BCUT2D eigenvalue weighted by molar-refractivity contribution is 5.94. The number of rotatable bonds is 4. The predicted molar refractivity (Wildman–Crippen MR) is 98.6 cm³/mol. The van der Waals surface area contributed by atoms with Crippen LogP contribution in [0.1, 0.15) is 59.8 Å². The van der Waals surface area contributed by atoms with Gasteiger partial charge in [0.1, 0.15) is 5.82 Å². The molecule has 2 heterocycles. The molecule has 0 unspecified atom stereocenters. The fourth-order valence-corrected chi connectivity index (χ4v) is 4.03. The summed E-state index contributed by atoms with van der Waals surface area (Å²) in [4.78, 5) is 19.4. The standard InChI is InChI=1S/C21H24N4O/c22-13-16-6-8-18(9-7-16)21(26)25-11-2-5-19(15-25)20-23-10-12-24(20)14-17-3-1-4-17/h6-10,12,17,19H,1-5,11,14-15H2/t19-/m1/s1. The van der Waals surface area contributed by atoms with E-state index >= 15 is 0 Å². The zero-order valence-corrected chi connectivity index (χ0v) is 15.0. The lowest BCUT2D eigenvalue weighted by molar-refractivity contribution is 0.0702. The van der Waals surface area contributed by atoms with Gasteiger partial charge in [-0.25, -0.2) is 4.98 Å². The Morgan fingerprint density at radius 1 is 1.19 bits per heavy atom. The fourth-order valence-electron chi connectivity index (χ4n) is 4.03. The predicted octanol–water partition coefficient (Wildman–Crippen LogP) is 3.57. The minimum absolute atomic E-state index is 0.0521. The second kappa shape index (κ2) is 7.33. The molecule has 0 N–H and O–H groups in total. The molecule has 1 saturated carbocycles. The van der Waals surface area contributed by atoms with Crippen LogP contribution in [0.5, 0.6) is 0 Å². The second-order valence-corrected chi connectivity index (χ2v) is 7.51. The molecule has 26 heavy (non-hydrogen) atoms. The Hall–Kier alpha value is -2.61. The number of likely N-dealkylation sites (tertiary alicyclic amines) is 1. The van der Waals surface area contributed by atoms with Crippen LogP contribution in [0.2, 0.25) is 0 Å². The SMILES string of the molecule is N#Cc1ccc(C(=O)N2CCC[C@@H](c3nccn3CC3CCC3)C2)cc1. The molecule has 2 aliphatic rings. The summed E-state index contributed by atoms with van der Waals surface area (Å²) in [6.07, 6.45) is 10.1. The van der Waals surface area contributed by atoms with Gasteiger partial charge in [0, 0.05) is 43.5 Å². The van der Waals surface area contributed by atoms with E-state index in [0.717, 1.165) is 44.2 Å². The number of hydrogen-bond donors (Lipinski definition) is 0. The first-order chi connectivity index (χ1) is 12.7. The van der Waals surface area contributed by atoms with Gasteiger partial charge in [0.2, 0.25) is 0 Å². The molecule has 1 aromatic carbocycles. The summed E-state index contributed by atoms with van der Waals surface area (Å²) in [5, 5.41) is 8.91. The summed E-state index contributed by atoms with van der Waals surface area (Å²) in [6, 6.07) is 9.01. The zero-order chi connectivity index (χ0) is 17.9. The van der Waals surface area contributed by atoms with E-state index in [1.165, 1.54) is 19.3 Å². The van der Waals surface area contributed by atoms with Crippen LogP contribution in [-0.4, -0.2) is 33.4 Å². The Labute approximate surface area is 154 Å². The number of amides is 1. The van der Waals surface area contributed by atoms with Gasteiger partial charge in [-0.1, -0.05) is 6.42 Å². The van der Waals surface area contributed by atoms with Crippen molar-refractivity contribution in [3.8, 4) is 6.07 Å². The van der Waals surface area contributed by atoms with Crippen molar-refractivity contribution in [1.82, 2.24) is 14.5 Å². The Bertz CT molecular complexity index is 813. The van der Waals surface area contributed by atoms with E-state index < -0.39 is 0 Å². The van der Waals surface area contributed by atoms with Crippen LogP contribution < -0.4 is 0 Å². The number of aromatic nitrogens is 2. The number of piperidine rings is 1. The van der Waals surface area contributed by atoms with Gasteiger partial charge in [0.15, 0.2) is 0 Å². The van der Waals surface area contributed by atoms with Gasteiger partial charge in [-0.2, -0.15) is 5.26 Å². The van der Waals surface area contributed by atoms with Crippen LogP contribution in [0.15, 0.2) is 36.7 Å². The van der Waals surface area contributed by atoms with E-state index in [0.29, 0.717) is 17.0 Å². The first kappa shape index (κ1) is 16.8. The number of hydrogen-bond acceptors (Lipinski definition) is 3. The van der Waals surface area contributed by atoms with Crippen molar-refractivity contribution in [2.75, 3.05) is 13.1 Å². The van der Waals surface area contributed by atoms with Gasteiger partial charge < -0.3 is 9.47 Å². The van der Waals surface area contributed by atoms with Crippen LogP contribution >= 0.6 is 0 Å². The average molecular weight is 348 g/mol. The lowest BCUT2D eigenvalue weighted by Gasteiger charge is -2.33. The Balaban J connectivity index is 1.46. The number of nitriles is 1. The molecule has 1 aliphatic carbocycles. The minimum atomic E-state index is 0.0521. The average Bonchev–Trinajstić information content (AvgIpc) is 3.13. The highest BCUT2D eigenvalue weighted by Crippen LogP contribution is 2.31. The first-order valence-electron chi connectivity index (χ1n) is 9.55. The van der Waals surface area contributed by atoms with Crippen LogP contribution in [0.4, 0.5) is 0 Å². The molecule has 2 aromatic rings.